The molecule has 0 saturated carbocycles. The van der Waals surface area contributed by atoms with Gasteiger partial charge in [-0.15, -0.1) is 6.58 Å². The number of carbonyl (C=O) groups is 2. The molecule has 3 N–H and O–H groups in total. The molecule has 0 aliphatic carbocycles. The van der Waals surface area contributed by atoms with Crippen molar-refractivity contribution in [2.75, 3.05) is 7.11 Å². The average molecular weight is 296 g/mol. The Bertz CT molecular complexity index is 422. The van der Waals surface area contributed by atoms with E-state index in [-0.39, 0.29) is 23.9 Å². The van der Waals surface area contributed by atoms with Gasteiger partial charge in [0.05, 0.1) is 12.1 Å². The fourth-order valence-corrected chi connectivity index (χ4v) is 2.83. The lowest BCUT2D eigenvalue weighted by atomic mass is 9.90. The van der Waals surface area contributed by atoms with E-state index in [0.29, 0.717) is 6.42 Å². The summed E-state index contributed by atoms with van der Waals surface area (Å²) in [4.78, 5) is 22.7. The summed E-state index contributed by atoms with van der Waals surface area (Å²) >= 11 is 0. The minimum absolute atomic E-state index is 0.00514. The topological polar surface area (TPSA) is 87.7 Å². The van der Waals surface area contributed by atoms with Crippen LogP contribution in [0.5, 0.6) is 0 Å². The monoisotopic (exact) mass is 296 g/mol. The number of amides is 1. The minimum Gasteiger partial charge on any atom is -0.480 e. The first-order valence-corrected chi connectivity index (χ1v) is 6.98. The number of carboxylic acids is 1. The van der Waals surface area contributed by atoms with Crippen LogP contribution in [0.4, 0.5) is 0 Å². The van der Waals surface area contributed by atoms with Gasteiger partial charge in [0.25, 0.3) is 0 Å². The van der Waals surface area contributed by atoms with Crippen LogP contribution >= 0.6 is 0 Å². The van der Waals surface area contributed by atoms with Crippen LogP contribution in [0.1, 0.15) is 20.3 Å². The summed E-state index contributed by atoms with van der Waals surface area (Å²) < 4.78 is 5.35. The normalized spacial score (nSPS) is 28.2. The Morgan fingerprint density at radius 1 is 1.52 bits per heavy atom. The number of rotatable bonds is 7. The highest BCUT2D eigenvalue weighted by molar-refractivity contribution is 5.75. The second kappa shape index (κ2) is 7.95. The molecule has 1 aliphatic heterocycles. The first kappa shape index (κ1) is 17.4. The van der Waals surface area contributed by atoms with Crippen LogP contribution in [0.25, 0.3) is 0 Å². The number of hydrogen-bond donors (Lipinski definition) is 3. The highest BCUT2D eigenvalue weighted by Gasteiger charge is 2.42. The molecule has 1 saturated heterocycles. The van der Waals surface area contributed by atoms with Gasteiger partial charge in [0.2, 0.25) is 5.91 Å². The first-order chi connectivity index (χ1) is 9.94. The predicted octanol–water partition coefficient (Wildman–Crippen LogP) is 0.700. The molecule has 5 atom stereocenters. The van der Waals surface area contributed by atoms with Gasteiger partial charge in [-0.2, -0.15) is 0 Å². The van der Waals surface area contributed by atoms with Crippen LogP contribution < -0.4 is 10.6 Å². The van der Waals surface area contributed by atoms with Gasteiger partial charge in [-0.25, -0.2) is 0 Å². The second-order valence-corrected chi connectivity index (χ2v) is 5.17. The lowest BCUT2D eigenvalue weighted by Gasteiger charge is -2.32. The van der Waals surface area contributed by atoms with Crippen molar-refractivity contribution >= 4 is 11.9 Å². The van der Waals surface area contributed by atoms with Gasteiger partial charge < -0.3 is 15.2 Å². The summed E-state index contributed by atoms with van der Waals surface area (Å²) in [7, 11) is 1.54. The molecule has 1 aliphatic rings. The quantitative estimate of drug-likeness (QED) is 0.602. The molecule has 1 heterocycles. The summed E-state index contributed by atoms with van der Waals surface area (Å²) in [5.41, 5.74) is 0. The van der Waals surface area contributed by atoms with Crippen LogP contribution in [0, 0.1) is 5.92 Å². The Morgan fingerprint density at radius 2 is 2.19 bits per heavy atom. The smallest absolute Gasteiger partial charge is 0.320 e. The standard InChI is InChI=1S/C15H24N2O4/c1-5-7-10-8-11(15(19)20)17-13(10)14(16-9(3)18)12(6-2)21-4/h5-7,10-14,17H,2,8H2,1,3-4H3,(H,16,18)(H,19,20)/b7-5-/t10-,11-,12+,13-,14+/m1/s1. The number of aliphatic carboxylic acids is 1. The summed E-state index contributed by atoms with van der Waals surface area (Å²) in [6.07, 6.45) is 5.55. The average Bonchev–Trinajstić information content (AvgIpc) is 2.83. The Hall–Kier alpha value is -1.66. The van der Waals surface area contributed by atoms with Crippen molar-refractivity contribution in [3.63, 3.8) is 0 Å². The number of allylic oxidation sites excluding steroid dienone is 1. The van der Waals surface area contributed by atoms with Gasteiger partial charge in [0.15, 0.2) is 0 Å². The maximum atomic E-state index is 11.5. The molecule has 6 nitrogen and oxygen atoms in total. The van der Waals surface area contributed by atoms with Gasteiger partial charge in [-0.1, -0.05) is 18.2 Å². The molecule has 118 valence electrons. The molecule has 0 aromatic heterocycles. The fourth-order valence-electron chi connectivity index (χ4n) is 2.83. The van der Waals surface area contributed by atoms with E-state index < -0.39 is 18.1 Å². The van der Waals surface area contributed by atoms with Crippen LogP contribution in [0.3, 0.4) is 0 Å². The van der Waals surface area contributed by atoms with Gasteiger partial charge in [0.1, 0.15) is 6.04 Å². The molecule has 1 amide bonds. The zero-order chi connectivity index (χ0) is 16.0. The van der Waals surface area contributed by atoms with E-state index in [0.717, 1.165) is 0 Å². The molecule has 0 bridgehead atoms. The maximum Gasteiger partial charge on any atom is 0.320 e. The Kier molecular flexibility index (Phi) is 6.58. The number of methoxy groups -OCH3 is 1. The SMILES string of the molecule is C=C[C@H](OC)[C@H](NC(C)=O)[C@@H]1N[C@@H](C(=O)O)C[C@H]1/C=C\C. The fraction of sp³-hybridized carbons (Fsp3) is 0.600. The Balaban J connectivity index is 3.03. The van der Waals surface area contributed by atoms with Crippen LogP contribution in [-0.2, 0) is 14.3 Å². The van der Waals surface area contributed by atoms with Crippen molar-refractivity contribution < 1.29 is 19.4 Å². The Morgan fingerprint density at radius 3 is 2.62 bits per heavy atom. The minimum atomic E-state index is -0.888. The molecular formula is C15H24N2O4. The van der Waals surface area contributed by atoms with Crippen LogP contribution in [0.2, 0.25) is 0 Å². The lowest BCUT2D eigenvalue weighted by Crippen LogP contribution is -2.56. The van der Waals surface area contributed by atoms with Crippen molar-refractivity contribution in [1.82, 2.24) is 10.6 Å². The number of hydrogen-bond acceptors (Lipinski definition) is 4. The zero-order valence-corrected chi connectivity index (χ0v) is 12.7. The molecule has 21 heavy (non-hydrogen) atoms. The summed E-state index contributed by atoms with van der Waals surface area (Å²) in [6, 6.07) is -1.24. The summed E-state index contributed by atoms with van der Waals surface area (Å²) in [6.45, 7) is 7.03. The largest absolute Gasteiger partial charge is 0.480 e. The van der Waals surface area contributed by atoms with E-state index in [1.54, 1.807) is 6.08 Å². The molecule has 0 aromatic carbocycles. The van der Waals surface area contributed by atoms with Gasteiger partial charge in [-0.05, 0) is 19.3 Å². The van der Waals surface area contributed by atoms with Gasteiger partial charge in [0, 0.05) is 20.1 Å². The first-order valence-electron chi connectivity index (χ1n) is 6.98. The molecule has 0 spiro atoms. The second-order valence-electron chi connectivity index (χ2n) is 5.17. The van der Waals surface area contributed by atoms with Crippen molar-refractivity contribution in [2.45, 2.75) is 44.5 Å². The van der Waals surface area contributed by atoms with E-state index in [1.165, 1.54) is 14.0 Å². The number of ether oxygens (including phenoxy) is 1. The highest BCUT2D eigenvalue weighted by Crippen LogP contribution is 2.26. The molecule has 6 heteroatoms. The zero-order valence-electron chi connectivity index (χ0n) is 12.7. The highest BCUT2D eigenvalue weighted by atomic mass is 16.5. The number of carboxylic acid groups (broad SMARTS) is 1. The third kappa shape index (κ3) is 4.41. The summed E-state index contributed by atoms with van der Waals surface area (Å²) in [5, 5.41) is 15.1. The van der Waals surface area contributed by atoms with Crippen molar-refractivity contribution in [3.05, 3.63) is 24.8 Å². The van der Waals surface area contributed by atoms with Crippen molar-refractivity contribution in [2.24, 2.45) is 5.92 Å². The summed E-state index contributed by atoms with van der Waals surface area (Å²) in [5.74, 6) is -1.07. The molecule has 0 unspecified atom stereocenters. The van der Waals surface area contributed by atoms with Crippen LogP contribution in [-0.4, -0.2) is 48.3 Å². The van der Waals surface area contributed by atoms with Crippen molar-refractivity contribution in [1.29, 1.82) is 0 Å². The predicted molar refractivity (Wildman–Crippen MR) is 79.9 cm³/mol. The molecule has 1 rings (SSSR count). The number of nitrogens with one attached hydrogen (secondary N) is 2. The van der Waals surface area contributed by atoms with E-state index in [9.17, 15) is 14.7 Å². The number of carbonyl (C=O) groups excluding carboxylic acids is 1. The molecular weight excluding hydrogens is 272 g/mol. The van der Waals surface area contributed by atoms with Gasteiger partial charge in [-0.3, -0.25) is 14.9 Å². The van der Waals surface area contributed by atoms with Crippen LogP contribution in [0.15, 0.2) is 24.8 Å². The maximum absolute atomic E-state index is 11.5. The third-order valence-electron chi connectivity index (χ3n) is 3.72. The lowest BCUT2D eigenvalue weighted by molar-refractivity contribution is -0.139. The molecule has 0 radical (unpaired) electrons. The van der Waals surface area contributed by atoms with Crippen molar-refractivity contribution in [3.8, 4) is 0 Å². The molecule has 1 fully saturated rings. The molecule has 0 aromatic rings. The van der Waals surface area contributed by atoms with Gasteiger partial charge >= 0.3 is 5.97 Å². The van der Waals surface area contributed by atoms with E-state index >= 15 is 0 Å². The third-order valence-corrected chi connectivity index (χ3v) is 3.72. The van der Waals surface area contributed by atoms with E-state index in [2.05, 4.69) is 17.2 Å². The van der Waals surface area contributed by atoms with E-state index in [1.807, 2.05) is 19.1 Å². The Labute approximate surface area is 125 Å². The van der Waals surface area contributed by atoms with E-state index in [4.69, 9.17) is 4.74 Å².